The number of halogens is 5. The van der Waals surface area contributed by atoms with Crippen LogP contribution in [0.2, 0.25) is 10.0 Å². The number of rotatable bonds is 7. The summed E-state index contributed by atoms with van der Waals surface area (Å²) in [6.07, 6.45) is -1.50. The van der Waals surface area contributed by atoms with Crippen LogP contribution in [-0.2, 0) is 6.18 Å². The molecule has 0 bridgehead atoms. The Morgan fingerprint density at radius 3 is 2.53 bits per heavy atom. The van der Waals surface area contributed by atoms with Crippen molar-refractivity contribution >= 4 is 39.7 Å². The van der Waals surface area contributed by atoms with Gasteiger partial charge in [0.05, 0.1) is 22.3 Å². The van der Waals surface area contributed by atoms with Crippen molar-refractivity contribution in [3.63, 3.8) is 0 Å². The summed E-state index contributed by atoms with van der Waals surface area (Å²) in [5.74, 6) is 0.316. The van der Waals surface area contributed by atoms with Crippen LogP contribution in [0.15, 0.2) is 42.5 Å². The smallest absolute Gasteiger partial charge is 0.341 e. The molecule has 2 aromatic carbocycles. The fourth-order valence-electron chi connectivity index (χ4n) is 4.05. The predicted octanol–water partition coefficient (Wildman–Crippen LogP) is 8.81. The first-order chi connectivity index (χ1) is 15.2. The SMILES string of the molecule is CCCN(c1nc(-c2ccc(Cl)cc2Cl)c(C)s1)C(c1cccc(C(F)(F)F)c1)C1CC1. The maximum atomic E-state index is 13.4. The summed E-state index contributed by atoms with van der Waals surface area (Å²) >= 11 is 14.0. The maximum Gasteiger partial charge on any atom is 0.416 e. The molecule has 0 amide bonds. The fourth-order valence-corrected chi connectivity index (χ4v) is 5.53. The molecular formula is C24H23Cl2F3N2S. The highest BCUT2D eigenvalue weighted by atomic mass is 35.5. The van der Waals surface area contributed by atoms with Crippen LogP contribution in [-0.4, -0.2) is 11.5 Å². The zero-order valence-corrected chi connectivity index (χ0v) is 20.0. The number of anilines is 1. The molecule has 2 nitrogen and oxygen atoms in total. The molecule has 0 spiro atoms. The molecule has 170 valence electrons. The van der Waals surface area contributed by atoms with Crippen LogP contribution in [0.3, 0.4) is 0 Å². The van der Waals surface area contributed by atoms with Gasteiger partial charge >= 0.3 is 6.18 Å². The Morgan fingerprint density at radius 1 is 1.16 bits per heavy atom. The van der Waals surface area contributed by atoms with Crippen LogP contribution in [0.5, 0.6) is 0 Å². The van der Waals surface area contributed by atoms with Gasteiger partial charge in [-0.15, -0.1) is 11.3 Å². The highest BCUT2D eigenvalue weighted by Gasteiger charge is 2.39. The van der Waals surface area contributed by atoms with E-state index in [4.69, 9.17) is 28.2 Å². The second-order valence-corrected chi connectivity index (χ2v) is 10.1. The lowest BCUT2D eigenvalue weighted by Gasteiger charge is -2.32. The largest absolute Gasteiger partial charge is 0.416 e. The van der Waals surface area contributed by atoms with Crippen molar-refractivity contribution < 1.29 is 13.2 Å². The third kappa shape index (κ3) is 4.92. The number of benzene rings is 2. The standard InChI is InChI=1S/C24H23Cl2F3N2S/c1-3-11-31(22(15-7-8-15)16-5-4-6-17(12-16)24(27,28)29)23-30-21(14(2)32-23)19-10-9-18(25)13-20(19)26/h4-6,9-10,12-13,15,22H,3,7-8,11H2,1-2H3. The van der Waals surface area contributed by atoms with Gasteiger partial charge in [0, 0.05) is 22.0 Å². The lowest BCUT2D eigenvalue weighted by Crippen LogP contribution is -2.31. The topological polar surface area (TPSA) is 16.1 Å². The molecule has 8 heteroatoms. The van der Waals surface area contributed by atoms with Crippen LogP contribution in [0.25, 0.3) is 11.3 Å². The minimum Gasteiger partial charge on any atom is -0.341 e. The van der Waals surface area contributed by atoms with Gasteiger partial charge in [-0.05, 0) is 68.0 Å². The van der Waals surface area contributed by atoms with Gasteiger partial charge < -0.3 is 4.90 Å². The lowest BCUT2D eigenvalue weighted by molar-refractivity contribution is -0.137. The molecule has 1 atom stereocenters. The fraction of sp³-hybridized carbons (Fsp3) is 0.375. The zero-order chi connectivity index (χ0) is 23.0. The molecule has 1 saturated carbocycles. The van der Waals surface area contributed by atoms with Crippen molar-refractivity contribution in [3.8, 4) is 11.3 Å². The molecule has 4 rings (SSSR count). The monoisotopic (exact) mass is 498 g/mol. The average Bonchev–Trinajstić information content (AvgIpc) is 3.49. The van der Waals surface area contributed by atoms with E-state index in [0.29, 0.717) is 28.1 Å². The Hall–Kier alpha value is -1.76. The van der Waals surface area contributed by atoms with E-state index in [1.165, 1.54) is 12.1 Å². The van der Waals surface area contributed by atoms with Gasteiger partial charge in [0.15, 0.2) is 5.13 Å². The highest BCUT2D eigenvalue weighted by Crippen LogP contribution is 2.48. The predicted molar refractivity (Wildman–Crippen MR) is 127 cm³/mol. The summed E-state index contributed by atoms with van der Waals surface area (Å²) in [5.41, 5.74) is 1.66. The van der Waals surface area contributed by atoms with Gasteiger partial charge in [0.25, 0.3) is 0 Å². The first kappa shape index (κ1) is 23.4. The third-order valence-corrected chi connectivity index (χ3v) is 7.20. The first-order valence-corrected chi connectivity index (χ1v) is 12.1. The molecule has 32 heavy (non-hydrogen) atoms. The van der Waals surface area contributed by atoms with E-state index in [9.17, 15) is 13.2 Å². The maximum absolute atomic E-state index is 13.4. The number of aryl methyl sites for hydroxylation is 1. The molecule has 1 aromatic heterocycles. The van der Waals surface area contributed by atoms with Crippen LogP contribution >= 0.6 is 34.5 Å². The van der Waals surface area contributed by atoms with Crippen molar-refractivity contribution in [2.75, 3.05) is 11.4 Å². The zero-order valence-electron chi connectivity index (χ0n) is 17.7. The van der Waals surface area contributed by atoms with Crippen molar-refractivity contribution in [1.29, 1.82) is 0 Å². The van der Waals surface area contributed by atoms with E-state index in [-0.39, 0.29) is 6.04 Å². The third-order valence-electron chi connectivity index (χ3n) is 5.64. The molecule has 1 aliphatic rings. The first-order valence-electron chi connectivity index (χ1n) is 10.6. The number of aromatic nitrogens is 1. The molecule has 0 N–H and O–H groups in total. The quantitative estimate of drug-likeness (QED) is 0.323. The van der Waals surface area contributed by atoms with Gasteiger partial charge in [-0.25, -0.2) is 4.98 Å². The molecule has 0 saturated heterocycles. The van der Waals surface area contributed by atoms with Crippen molar-refractivity contribution in [1.82, 2.24) is 4.98 Å². The molecule has 1 heterocycles. The summed E-state index contributed by atoms with van der Waals surface area (Å²) in [7, 11) is 0. The Morgan fingerprint density at radius 2 is 1.91 bits per heavy atom. The van der Waals surface area contributed by atoms with E-state index >= 15 is 0 Å². The molecule has 1 aliphatic carbocycles. The second kappa shape index (κ2) is 9.24. The van der Waals surface area contributed by atoms with E-state index in [0.717, 1.165) is 46.6 Å². The summed E-state index contributed by atoms with van der Waals surface area (Å²) in [6, 6.07) is 10.9. The van der Waals surface area contributed by atoms with Gasteiger partial charge in [0.2, 0.25) is 0 Å². The lowest BCUT2D eigenvalue weighted by atomic mass is 9.98. The normalized spacial score (nSPS) is 15.1. The molecule has 0 radical (unpaired) electrons. The van der Waals surface area contributed by atoms with Crippen molar-refractivity contribution in [2.45, 2.75) is 45.3 Å². The molecule has 0 aliphatic heterocycles. The van der Waals surface area contributed by atoms with E-state index < -0.39 is 11.7 Å². The van der Waals surface area contributed by atoms with Crippen LogP contribution in [0.4, 0.5) is 18.3 Å². The average molecular weight is 499 g/mol. The molecular weight excluding hydrogens is 476 g/mol. The van der Waals surface area contributed by atoms with Crippen LogP contribution in [0, 0.1) is 12.8 Å². The number of alkyl halides is 3. The highest BCUT2D eigenvalue weighted by molar-refractivity contribution is 7.16. The number of nitrogens with zero attached hydrogens (tertiary/aromatic N) is 2. The van der Waals surface area contributed by atoms with Gasteiger partial charge in [0.1, 0.15) is 0 Å². The second-order valence-electron chi connectivity index (χ2n) is 8.12. The van der Waals surface area contributed by atoms with Gasteiger partial charge in [-0.1, -0.05) is 42.3 Å². The van der Waals surface area contributed by atoms with E-state index in [1.807, 2.05) is 13.0 Å². The van der Waals surface area contributed by atoms with Crippen molar-refractivity contribution in [2.24, 2.45) is 5.92 Å². The molecule has 1 unspecified atom stereocenters. The van der Waals surface area contributed by atoms with Crippen molar-refractivity contribution in [3.05, 3.63) is 68.5 Å². The summed E-state index contributed by atoms with van der Waals surface area (Å²) in [5, 5.41) is 1.88. The Kier molecular flexibility index (Phi) is 6.76. The molecule has 1 fully saturated rings. The number of hydrogen-bond acceptors (Lipinski definition) is 3. The van der Waals surface area contributed by atoms with Crippen LogP contribution < -0.4 is 4.90 Å². The van der Waals surface area contributed by atoms with Crippen LogP contribution in [0.1, 0.15) is 48.2 Å². The van der Waals surface area contributed by atoms with Gasteiger partial charge in [-0.2, -0.15) is 13.2 Å². The van der Waals surface area contributed by atoms with E-state index in [1.54, 1.807) is 29.5 Å². The van der Waals surface area contributed by atoms with E-state index in [2.05, 4.69) is 11.8 Å². The minimum atomic E-state index is -4.37. The molecule has 3 aromatic rings. The minimum absolute atomic E-state index is 0.142. The summed E-state index contributed by atoms with van der Waals surface area (Å²) in [4.78, 5) is 8.09. The Bertz CT molecular complexity index is 1110. The summed E-state index contributed by atoms with van der Waals surface area (Å²) < 4.78 is 40.2. The number of hydrogen-bond donors (Lipinski definition) is 0. The Labute approximate surface area is 200 Å². The van der Waals surface area contributed by atoms with Gasteiger partial charge in [-0.3, -0.25) is 0 Å². The number of thiazole rings is 1. The summed E-state index contributed by atoms with van der Waals surface area (Å²) in [6.45, 7) is 4.76. The Balaban J connectivity index is 1.76.